The van der Waals surface area contributed by atoms with Crippen LogP contribution in [0.5, 0.6) is 0 Å². The maximum absolute atomic E-state index is 13.0. The fourth-order valence-corrected chi connectivity index (χ4v) is 2.23. The quantitative estimate of drug-likeness (QED) is 0.876. The molecule has 1 unspecified atom stereocenters. The van der Waals surface area contributed by atoms with Crippen LogP contribution in [-0.2, 0) is 11.2 Å². The molecule has 1 heterocycles. The number of nitrogens with one attached hydrogen (secondary N) is 1. The zero-order chi connectivity index (χ0) is 12.5. The van der Waals surface area contributed by atoms with E-state index in [-0.39, 0.29) is 12.2 Å². The van der Waals surface area contributed by atoms with E-state index in [2.05, 4.69) is 5.32 Å². The summed E-state index contributed by atoms with van der Waals surface area (Å²) in [4.78, 5) is 12.1. The van der Waals surface area contributed by atoms with Gasteiger partial charge in [0.1, 0.15) is 11.6 Å². The van der Waals surface area contributed by atoms with Crippen molar-refractivity contribution in [1.82, 2.24) is 5.32 Å². The van der Waals surface area contributed by atoms with Crippen molar-refractivity contribution in [2.24, 2.45) is 0 Å². The molecule has 2 rings (SSSR count). The van der Waals surface area contributed by atoms with Gasteiger partial charge in [-0.3, -0.25) is 4.79 Å². The second kappa shape index (κ2) is 4.53. The third-order valence-corrected chi connectivity index (χ3v) is 3.27. The van der Waals surface area contributed by atoms with E-state index in [4.69, 9.17) is 0 Å². The minimum Gasteiger partial charge on any atom is -0.305 e. The van der Waals surface area contributed by atoms with E-state index in [0.717, 1.165) is 25.5 Å². The highest BCUT2D eigenvalue weighted by Crippen LogP contribution is 2.22. The standard InChI is InChI=1S/C13H15F2NO/c1-13(3-2-4-16-13)12(17)7-9-5-10(14)8-11(15)6-9/h5-6,8,16H,2-4,7H2,1H3. The molecule has 0 aromatic heterocycles. The molecule has 0 amide bonds. The Morgan fingerprint density at radius 2 is 2.00 bits per heavy atom. The van der Waals surface area contributed by atoms with Crippen LogP contribution in [0.25, 0.3) is 0 Å². The van der Waals surface area contributed by atoms with Crippen LogP contribution in [0, 0.1) is 11.6 Å². The van der Waals surface area contributed by atoms with Gasteiger partial charge in [-0.05, 0) is 44.0 Å². The topological polar surface area (TPSA) is 29.1 Å². The first-order valence-corrected chi connectivity index (χ1v) is 5.73. The number of carbonyl (C=O) groups is 1. The van der Waals surface area contributed by atoms with Crippen molar-refractivity contribution in [2.75, 3.05) is 6.54 Å². The Morgan fingerprint density at radius 3 is 2.53 bits per heavy atom. The molecule has 1 aliphatic rings. The summed E-state index contributed by atoms with van der Waals surface area (Å²) in [7, 11) is 0. The Hall–Kier alpha value is -1.29. The first-order valence-electron chi connectivity index (χ1n) is 5.73. The van der Waals surface area contributed by atoms with Gasteiger partial charge in [-0.25, -0.2) is 8.78 Å². The van der Waals surface area contributed by atoms with Gasteiger partial charge >= 0.3 is 0 Å². The summed E-state index contributed by atoms with van der Waals surface area (Å²) in [5.41, 5.74) is -0.148. The molecule has 1 aromatic carbocycles. The number of rotatable bonds is 3. The summed E-state index contributed by atoms with van der Waals surface area (Å²) in [6, 6.07) is 3.22. The Kier molecular flexibility index (Phi) is 3.24. The Morgan fingerprint density at radius 1 is 1.35 bits per heavy atom. The first-order chi connectivity index (χ1) is 7.99. The van der Waals surface area contributed by atoms with Gasteiger partial charge in [-0.15, -0.1) is 0 Å². The number of ketones is 1. The minimum absolute atomic E-state index is 0.0139. The van der Waals surface area contributed by atoms with Gasteiger partial charge in [-0.2, -0.15) is 0 Å². The zero-order valence-corrected chi connectivity index (χ0v) is 9.72. The average Bonchev–Trinajstić information content (AvgIpc) is 2.64. The molecule has 4 heteroatoms. The molecule has 1 atom stereocenters. The molecular formula is C13H15F2NO. The number of hydrogen-bond donors (Lipinski definition) is 1. The Balaban J connectivity index is 2.12. The van der Waals surface area contributed by atoms with Crippen molar-refractivity contribution in [3.05, 3.63) is 35.4 Å². The number of halogens is 2. The first kappa shape index (κ1) is 12.2. The second-order valence-corrected chi connectivity index (χ2v) is 4.74. The normalized spacial score (nSPS) is 23.9. The maximum Gasteiger partial charge on any atom is 0.156 e. The lowest BCUT2D eigenvalue weighted by molar-refractivity contribution is -0.123. The number of Topliss-reactive ketones (excluding diaryl/α,β-unsaturated/α-hetero) is 1. The van der Waals surface area contributed by atoms with E-state index in [1.165, 1.54) is 12.1 Å². The van der Waals surface area contributed by atoms with E-state index in [9.17, 15) is 13.6 Å². The molecule has 0 radical (unpaired) electrons. The number of hydrogen-bond acceptors (Lipinski definition) is 2. The molecule has 1 N–H and O–H groups in total. The molecule has 0 aliphatic carbocycles. The lowest BCUT2D eigenvalue weighted by Gasteiger charge is -2.22. The molecule has 0 bridgehead atoms. The van der Waals surface area contributed by atoms with E-state index in [1.54, 1.807) is 0 Å². The highest BCUT2D eigenvalue weighted by atomic mass is 19.1. The maximum atomic E-state index is 13.0. The summed E-state index contributed by atoms with van der Waals surface area (Å²) < 4.78 is 26.0. The van der Waals surface area contributed by atoms with Crippen LogP contribution in [0.3, 0.4) is 0 Å². The predicted octanol–water partition coefficient (Wildman–Crippen LogP) is 2.22. The van der Waals surface area contributed by atoms with Crippen LogP contribution < -0.4 is 5.32 Å². The average molecular weight is 239 g/mol. The van der Waals surface area contributed by atoms with Crippen molar-refractivity contribution in [3.8, 4) is 0 Å². The molecule has 1 aliphatic heterocycles. The van der Waals surface area contributed by atoms with Crippen molar-refractivity contribution >= 4 is 5.78 Å². The minimum atomic E-state index is -0.641. The Labute approximate surface area is 99.0 Å². The summed E-state index contributed by atoms with van der Waals surface area (Å²) >= 11 is 0. The fourth-order valence-electron chi connectivity index (χ4n) is 2.23. The van der Waals surface area contributed by atoms with Crippen LogP contribution in [0.15, 0.2) is 18.2 Å². The van der Waals surface area contributed by atoms with Crippen LogP contribution in [0.1, 0.15) is 25.3 Å². The lowest BCUT2D eigenvalue weighted by Crippen LogP contribution is -2.45. The third-order valence-electron chi connectivity index (χ3n) is 3.27. The fraction of sp³-hybridized carbons (Fsp3) is 0.462. The second-order valence-electron chi connectivity index (χ2n) is 4.74. The van der Waals surface area contributed by atoms with Gasteiger partial charge in [0.25, 0.3) is 0 Å². The predicted molar refractivity (Wildman–Crippen MR) is 60.7 cm³/mol. The largest absolute Gasteiger partial charge is 0.305 e. The van der Waals surface area contributed by atoms with Gasteiger partial charge in [-0.1, -0.05) is 0 Å². The molecule has 0 spiro atoms. The van der Waals surface area contributed by atoms with Crippen molar-refractivity contribution in [1.29, 1.82) is 0 Å². The molecule has 1 aromatic rings. The molecule has 1 saturated heterocycles. The van der Waals surface area contributed by atoms with E-state index >= 15 is 0 Å². The zero-order valence-electron chi connectivity index (χ0n) is 9.72. The molecule has 92 valence electrons. The van der Waals surface area contributed by atoms with Crippen molar-refractivity contribution in [2.45, 2.75) is 31.7 Å². The molecule has 17 heavy (non-hydrogen) atoms. The summed E-state index contributed by atoms with van der Waals surface area (Å²) in [5, 5.41) is 3.15. The SMILES string of the molecule is CC1(C(=O)Cc2cc(F)cc(F)c2)CCCN1. The van der Waals surface area contributed by atoms with Crippen LogP contribution >= 0.6 is 0 Å². The van der Waals surface area contributed by atoms with Gasteiger partial charge in [0.15, 0.2) is 5.78 Å². The van der Waals surface area contributed by atoms with Gasteiger partial charge in [0.2, 0.25) is 0 Å². The van der Waals surface area contributed by atoms with E-state index in [1.807, 2.05) is 6.92 Å². The molecule has 1 fully saturated rings. The molecule has 2 nitrogen and oxygen atoms in total. The highest BCUT2D eigenvalue weighted by Gasteiger charge is 2.35. The summed E-state index contributed by atoms with van der Waals surface area (Å²) in [6.07, 6.45) is 1.81. The van der Waals surface area contributed by atoms with Gasteiger partial charge in [0, 0.05) is 12.5 Å². The van der Waals surface area contributed by atoms with Crippen LogP contribution in [-0.4, -0.2) is 17.9 Å². The summed E-state index contributed by atoms with van der Waals surface area (Å²) in [6.45, 7) is 2.66. The lowest BCUT2D eigenvalue weighted by atomic mass is 9.90. The molecule has 0 saturated carbocycles. The third kappa shape index (κ3) is 2.69. The van der Waals surface area contributed by atoms with Gasteiger partial charge in [0.05, 0.1) is 5.54 Å². The monoisotopic (exact) mass is 239 g/mol. The number of carbonyl (C=O) groups excluding carboxylic acids is 1. The van der Waals surface area contributed by atoms with Crippen LogP contribution in [0.2, 0.25) is 0 Å². The Bertz CT molecular complexity index is 419. The summed E-state index contributed by atoms with van der Waals surface area (Å²) in [5.74, 6) is -1.30. The molecular weight excluding hydrogens is 224 g/mol. The van der Waals surface area contributed by atoms with Crippen LogP contribution in [0.4, 0.5) is 8.78 Å². The number of benzene rings is 1. The van der Waals surface area contributed by atoms with Crippen molar-refractivity contribution < 1.29 is 13.6 Å². The van der Waals surface area contributed by atoms with E-state index in [0.29, 0.717) is 5.56 Å². The van der Waals surface area contributed by atoms with Gasteiger partial charge < -0.3 is 5.32 Å². The van der Waals surface area contributed by atoms with Crippen molar-refractivity contribution in [3.63, 3.8) is 0 Å². The highest BCUT2D eigenvalue weighted by molar-refractivity contribution is 5.90. The van der Waals surface area contributed by atoms with E-state index < -0.39 is 17.2 Å². The smallest absolute Gasteiger partial charge is 0.156 e.